The molecule has 6 nitrogen and oxygen atoms in total. The first-order chi connectivity index (χ1) is 11.6. The highest BCUT2D eigenvalue weighted by atomic mass is 32.1. The Bertz CT molecular complexity index is 951. The molecule has 0 aliphatic heterocycles. The van der Waals surface area contributed by atoms with Gasteiger partial charge in [-0.3, -0.25) is 4.79 Å². The van der Waals surface area contributed by atoms with Crippen LogP contribution in [0.2, 0.25) is 0 Å². The fourth-order valence-electron chi connectivity index (χ4n) is 2.38. The van der Waals surface area contributed by atoms with Gasteiger partial charge in [0.2, 0.25) is 5.88 Å². The average molecular weight is 346 g/mol. The van der Waals surface area contributed by atoms with Crippen LogP contribution in [0.1, 0.15) is 22.8 Å². The summed E-state index contributed by atoms with van der Waals surface area (Å²) in [6.07, 6.45) is 1.62. The van der Waals surface area contributed by atoms with Crippen LogP contribution in [-0.2, 0) is 6.54 Å². The monoisotopic (exact) mass is 346 g/mol. The van der Waals surface area contributed by atoms with Gasteiger partial charge < -0.3 is 20.0 Å². The van der Waals surface area contributed by atoms with Crippen molar-refractivity contribution in [1.82, 2.24) is 20.3 Å². The topological polar surface area (TPSA) is 82.8 Å². The molecule has 0 saturated heterocycles. The molecule has 3 rings (SSSR count). The molecule has 24 heavy (non-hydrogen) atoms. The number of aromatic nitrogens is 3. The molecular weight excluding hydrogens is 331 g/mol. The summed E-state index contributed by atoms with van der Waals surface area (Å²) in [5, 5.41) is 2.75. The molecule has 0 fully saturated rings. The van der Waals surface area contributed by atoms with E-state index in [0.29, 0.717) is 28.3 Å². The number of rotatable bonds is 5. The molecular formula is C16H15FN4O2S. The summed E-state index contributed by atoms with van der Waals surface area (Å²) >= 11 is 5.00. The zero-order valence-corrected chi connectivity index (χ0v) is 13.7. The zero-order valence-electron chi connectivity index (χ0n) is 12.9. The number of amides is 1. The van der Waals surface area contributed by atoms with Crippen molar-refractivity contribution < 1.29 is 13.9 Å². The minimum atomic E-state index is -0.519. The molecule has 8 heteroatoms. The Morgan fingerprint density at radius 2 is 2.25 bits per heavy atom. The van der Waals surface area contributed by atoms with Crippen LogP contribution in [0.25, 0.3) is 11.0 Å². The van der Waals surface area contributed by atoms with E-state index in [1.807, 2.05) is 13.0 Å². The number of pyridine rings is 1. The van der Waals surface area contributed by atoms with Crippen LogP contribution in [0.3, 0.4) is 0 Å². The van der Waals surface area contributed by atoms with Gasteiger partial charge in [-0.2, -0.15) is 0 Å². The Morgan fingerprint density at radius 1 is 1.42 bits per heavy atom. The van der Waals surface area contributed by atoms with Gasteiger partial charge in [0, 0.05) is 18.3 Å². The minimum Gasteiger partial charge on any atom is -0.478 e. The average Bonchev–Trinajstić information content (AvgIpc) is 2.93. The predicted octanol–water partition coefficient (Wildman–Crippen LogP) is 3.09. The maximum Gasteiger partial charge on any atom is 0.253 e. The lowest BCUT2D eigenvalue weighted by atomic mass is 10.1. The van der Waals surface area contributed by atoms with Crippen LogP contribution in [0.4, 0.5) is 4.39 Å². The highest BCUT2D eigenvalue weighted by Gasteiger charge is 2.15. The molecule has 2 heterocycles. The second-order valence-electron chi connectivity index (χ2n) is 5.04. The number of nitrogens with one attached hydrogen (secondary N) is 3. The lowest BCUT2D eigenvalue weighted by Crippen LogP contribution is -2.23. The third kappa shape index (κ3) is 3.28. The first kappa shape index (κ1) is 16.1. The van der Waals surface area contributed by atoms with Crippen molar-refractivity contribution in [3.63, 3.8) is 0 Å². The van der Waals surface area contributed by atoms with Crippen LogP contribution in [-0.4, -0.2) is 27.5 Å². The number of benzene rings is 1. The summed E-state index contributed by atoms with van der Waals surface area (Å²) in [6, 6.07) is 6.02. The summed E-state index contributed by atoms with van der Waals surface area (Å²) < 4.78 is 19.5. The Kier molecular flexibility index (Phi) is 4.57. The van der Waals surface area contributed by atoms with E-state index >= 15 is 0 Å². The smallest absolute Gasteiger partial charge is 0.253 e. The number of aromatic amines is 2. The Morgan fingerprint density at radius 3 is 3.04 bits per heavy atom. The molecule has 1 amide bonds. The van der Waals surface area contributed by atoms with Crippen molar-refractivity contribution in [1.29, 1.82) is 0 Å². The summed E-state index contributed by atoms with van der Waals surface area (Å²) in [5.74, 6) is -0.476. The Balaban J connectivity index is 1.85. The fraction of sp³-hybridized carbons (Fsp3) is 0.188. The fourth-order valence-corrected chi connectivity index (χ4v) is 2.59. The van der Waals surface area contributed by atoms with Gasteiger partial charge in [0.25, 0.3) is 5.91 Å². The predicted molar refractivity (Wildman–Crippen MR) is 90.0 cm³/mol. The lowest BCUT2D eigenvalue weighted by Gasteiger charge is -2.10. The third-order valence-corrected chi connectivity index (χ3v) is 3.61. The summed E-state index contributed by atoms with van der Waals surface area (Å²) in [5.41, 5.74) is 1.83. The van der Waals surface area contributed by atoms with Crippen LogP contribution >= 0.6 is 12.2 Å². The maximum atomic E-state index is 13.7. The van der Waals surface area contributed by atoms with Gasteiger partial charge in [-0.1, -0.05) is 6.07 Å². The van der Waals surface area contributed by atoms with Crippen LogP contribution < -0.4 is 10.1 Å². The van der Waals surface area contributed by atoms with E-state index in [1.54, 1.807) is 12.3 Å². The van der Waals surface area contributed by atoms with Crippen molar-refractivity contribution in [2.45, 2.75) is 13.5 Å². The highest BCUT2D eigenvalue weighted by Crippen LogP contribution is 2.19. The van der Waals surface area contributed by atoms with E-state index in [4.69, 9.17) is 17.0 Å². The minimum absolute atomic E-state index is 0.180. The largest absolute Gasteiger partial charge is 0.478 e. The van der Waals surface area contributed by atoms with E-state index in [0.717, 1.165) is 5.56 Å². The number of imidazole rings is 1. The molecule has 1 aromatic carbocycles. The second kappa shape index (κ2) is 6.79. The summed E-state index contributed by atoms with van der Waals surface area (Å²) in [4.78, 5) is 22.2. The van der Waals surface area contributed by atoms with E-state index in [-0.39, 0.29) is 12.1 Å². The van der Waals surface area contributed by atoms with E-state index in [1.165, 1.54) is 12.1 Å². The van der Waals surface area contributed by atoms with Crippen molar-refractivity contribution in [3.8, 4) is 5.88 Å². The first-order valence-corrected chi connectivity index (χ1v) is 7.75. The molecule has 3 N–H and O–H groups in total. The Labute approximate surface area is 142 Å². The summed E-state index contributed by atoms with van der Waals surface area (Å²) in [6.45, 7) is 2.54. The molecule has 0 aliphatic carbocycles. The van der Waals surface area contributed by atoms with Gasteiger partial charge in [-0.25, -0.2) is 9.37 Å². The number of H-pyrrole nitrogens is 2. The Hall–Kier alpha value is -2.74. The van der Waals surface area contributed by atoms with Gasteiger partial charge in [-0.05, 0) is 37.3 Å². The zero-order chi connectivity index (χ0) is 17.1. The van der Waals surface area contributed by atoms with E-state index < -0.39 is 11.7 Å². The number of fused-ring (bicyclic) bond motifs is 1. The van der Waals surface area contributed by atoms with Crippen LogP contribution in [0, 0.1) is 10.6 Å². The number of halogens is 1. The lowest BCUT2D eigenvalue weighted by molar-refractivity contribution is 0.0951. The molecule has 0 atom stereocenters. The molecule has 2 aromatic heterocycles. The normalized spacial score (nSPS) is 10.8. The SMILES string of the molecule is CCOc1ncccc1CNC(=O)c1cc(F)cc2[nH]c(=S)[nH]c12. The summed E-state index contributed by atoms with van der Waals surface area (Å²) in [7, 11) is 0. The molecule has 0 radical (unpaired) electrons. The van der Waals surface area contributed by atoms with Crippen molar-refractivity contribution in [3.05, 3.63) is 52.2 Å². The molecule has 124 valence electrons. The van der Waals surface area contributed by atoms with E-state index in [9.17, 15) is 9.18 Å². The number of nitrogens with zero attached hydrogens (tertiary/aromatic N) is 1. The van der Waals surface area contributed by atoms with Gasteiger partial charge in [0.05, 0.1) is 23.2 Å². The number of hydrogen-bond acceptors (Lipinski definition) is 4. The number of hydrogen-bond donors (Lipinski definition) is 3. The third-order valence-electron chi connectivity index (χ3n) is 3.40. The van der Waals surface area contributed by atoms with Crippen LogP contribution in [0.15, 0.2) is 30.5 Å². The number of carbonyl (C=O) groups is 1. The van der Waals surface area contributed by atoms with Gasteiger partial charge in [0.15, 0.2) is 4.77 Å². The number of ether oxygens (including phenoxy) is 1. The number of carbonyl (C=O) groups excluding carboxylic acids is 1. The highest BCUT2D eigenvalue weighted by molar-refractivity contribution is 7.71. The van der Waals surface area contributed by atoms with Crippen LogP contribution in [0.5, 0.6) is 5.88 Å². The van der Waals surface area contributed by atoms with Crippen molar-refractivity contribution >= 4 is 29.2 Å². The van der Waals surface area contributed by atoms with Gasteiger partial charge in [0.1, 0.15) is 5.82 Å². The second-order valence-corrected chi connectivity index (χ2v) is 5.45. The van der Waals surface area contributed by atoms with Gasteiger partial charge in [-0.15, -0.1) is 0 Å². The van der Waals surface area contributed by atoms with Crippen molar-refractivity contribution in [2.24, 2.45) is 0 Å². The molecule has 0 aliphatic rings. The first-order valence-electron chi connectivity index (χ1n) is 7.35. The quantitative estimate of drug-likeness (QED) is 0.620. The molecule has 3 aromatic rings. The van der Waals surface area contributed by atoms with Crippen molar-refractivity contribution in [2.75, 3.05) is 6.61 Å². The standard InChI is InChI=1S/C16H15FN4O2S/c1-2-23-15-9(4-3-5-18-15)8-19-14(22)11-6-10(17)7-12-13(11)21-16(24)20-12/h3-7H,2,8H2,1H3,(H,19,22)(H2,20,21,24). The molecule has 0 bridgehead atoms. The molecule has 0 unspecified atom stereocenters. The molecule has 0 spiro atoms. The van der Waals surface area contributed by atoms with Gasteiger partial charge >= 0.3 is 0 Å². The van der Waals surface area contributed by atoms with E-state index in [2.05, 4.69) is 20.3 Å². The maximum absolute atomic E-state index is 13.7. The molecule has 0 saturated carbocycles.